The summed E-state index contributed by atoms with van der Waals surface area (Å²) in [6, 6.07) is 4.39. The molecule has 0 aliphatic carbocycles. The van der Waals surface area contributed by atoms with Crippen LogP contribution in [-0.4, -0.2) is 22.1 Å². The number of rotatable bonds is 2. The maximum Gasteiger partial charge on any atom is 0.411 e. The fourth-order valence-corrected chi connectivity index (χ4v) is 2.09. The van der Waals surface area contributed by atoms with E-state index in [1.165, 1.54) is 25.1 Å². The van der Waals surface area contributed by atoms with Crippen LogP contribution in [0.1, 0.15) is 12.5 Å². The Bertz CT molecular complexity index is 643. The molecule has 1 unspecified atom stereocenters. The molecule has 1 amide bonds. The summed E-state index contributed by atoms with van der Waals surface area (Å²) in [6.07, 6.45) is -1.46. The fourth-order valence-electron chi connectivity index (χ4n) is 1.79. The minimum atomic E-state index is -1.57. The monoisotopic (exact) mass is 317 g/mol. The van der Waals surface area contributed by atoms with Crippen molar-refractivity contribution in [2.45, 2.75) is 12.5 Å². The van der Waals surface area contributed by atoms with Crippen molar-refractivity contribution in [1.82, 2.24) is 5.32 Å². The number of ether oxygens (including phenoxy) is 1. The van der Waals surface area contributed by atoms with Gasteiger partial charge in [-0.25, -0.2) is 4.79 Å². The molecule has 1 aliphatic rings. The number of carbonyl (C=O) groups is 2. The van der Waals surface area contributed by atoms with Crippen molar-refractivity contribution in [3.8, 4) is 0 Å². The van der Waals surface area contributed by atoms with Crippen LogP contribution in [0.15, 0.2) is 29.8 Å². The third kappa shape index (κ3) is 2.28. The Hall–Kier alpha value is -1.92. The van der Waals surface area contributed by atoms with Crippen LogP contribution in [0.4, 0.5) is 4.79 Å². The molecule has 0 saturated heterocycles. The lowest BCUT2D eigenvalue weighted by Gasteiger charge is -2.23. The number of amides is 1. The molecule has 0 saturated carbocycles. The second-order valence-electron chi connectivity index (χ2n) is 4.20. The molecule has 0 aromatic heterocycles. The smallest absolute Gasteiger partial charge is 0.411 e. The molecule has 0 fully saturated rings. The third-order valence-electron chi connectivity index (χ3n) is 2.86. The van der Waals surface area contributed by atoms with Gasteiger partial charge in [0, 0.05) is 5.56 Å². The van der Waals surface area contributed by atoms with Crippen LogP contribution < -0.4 is 5.32 Å². The number of aliphatic hydroxyl groups excluding tert-OH is 1. The van der Waals surface area contributed by atoms with Gasteiger partial charge in [0.15, 0.2) is 5.60 Å². The third-order valence-corrected chi connectivity index (χ3v) is 3.60. The first kappa shape index (κ1) is 14.5. The summed E-state index contributed by atoms with van der Waals surface area (Å²) in [5, 5.41) is 20.6. The minimum Gasteiger partial charge on any atom is -0.501 e. The van der Waals surface area contributed by atoms with Crippen molar-refractivity contribution in [2.24, 2.45) is 0 Å². The van der Waals surface area contributed by atoms with Crippen LogP contribution in [0, 0.1) is 0 Å². The molecule has 1 aromatic rings. The van der Waals surface area contributed by atoms with E-state index in [0.29, 0.717) is 10.6 Å². The van der Waals surface area contributed by atoms with Gasteiger partial charge in [-0.3, -0.25) is 10.1 Å². The van der Waals surface area contributed by atoms with E-state index in [1.807, 2.05) is 5.32 Å². The molecule has 106 valence electrons. The molecule has 2 rings (SSSR count). The van der Waals surface area contributed by atoms with Gasteiger partial charge in [-0.2, -0.15) is 0 Å². The van der Waals surface area contributed by atoms with E-state index in [9.17, 15) is 14.7 Å². The first-order valence-corrected chi connectivity index (χ1v) is 6.14. The largest absolute Gasteiger partial charge is 0.501 e. The number of carbonyl (C=O) groups excluding carboxylic acids is 1. The summed E-state index contributed by atoms with van der Waals surface area (Å²) >= 11 is 11.7. The zero-order chi connectivity index (χ0) is 15.1. The van der Waals surface area contributed by atoms with Gasteiger partial charge in [0.05, 0.1) is 10.0 Å². The van der Waals surface area contributed by atoms with Crippen LogP contribution in [0.3, 0.4) is 0 Å². The van der Waals surface area contributed by atoms with Crippen LogP contribution in [-0.2, 0) is 15.1 Å². The van der Waals surface area contributed by atoms with Crippen LogP contribution in [0.5, 0.6) is 0 Å². The number of hydrogen-bond donors (Lipinski definition) is 3. The zero-order valence-electron chi connectivity index (χ0n) is 10.1. The Balaban J connectivity index is 2.40. The van der Waals surface area contributed by atoms with Gasteiger partial charge in [-0.05, 0) is 19.1 Å². The van der Waals surface area contributed by atoms with Crippen LogP contribution >= 0.6 is 23.2 Å². The summed E-state index contributed by atoms with van der Waals surface area (Å²) < 4.78 is 5.25. The summed E-state index contributed by atoms with van der Waals surface area (Å²) in [5.74, 6) is -2.09. The van der Waals surface area contributed by atoms with Gasteiger partial charge < -0.3 is 14.9 Å². The molecule has 6 nitrogen and oxygen atoms in total. The van der Waals surface area contributed by atoms with E-state index < -0.39 is 29.1 Å². The number of ketones is 1. The molecular formula is C12H9Cl2NO5. The van der Waals surface area contributed by atoms with Crippen LogP contribution in [0.2, 0.25) is 10.0 Å². The molecule has 3 N–H and O–H groups in total. The number of aliphatic hydroxyl groups is 1. The van der Waals surface area contributed by atoms with Crippen molar-refractivity contribution in [3.63, 3.8) is 0 Å². The van der Waals surface area contributed by atoms with Crippen molar-refractivity contribution in [1.29, 1.82) is 0 Å². The summed E-state index contributed by atoms with van der Waals surface area (Å²) in [7, 11) is 0. The highest BCUT2D eigenvalue weighted by Crippen LogP contribution is 2.38. The average Bonchev–Trinajstić information content (AvgIpc) is 2.58. The van der Waals surface area contributed by atoms with E-state index in [-0.39, 0.29) is 5.02 Å². The Morgan fingerprint density at radius 3 is 2.55 bits per heavy atom. The van der Waals surface area contributed by atoms with Gasteiger partial charge in [-0.1, -0.05) is 29.3 Å². The Morgan fingerprint density at radius 2 is 2.00 bits per heavy atom. The maximum atomic E-state index is 12.1. The quantitative estimate of drug-likeness (QED) is 0.779. The molecule has 1 aromatic carbocycles. The van der Waals surface area contributed by atoms with Gasteiger partial charge >= 0.3 is 6.09 Å². The van der Waals surface area contributed by atoms with E-state index in [0.717, 1.165) is 0 Å². The summed E-state index contributed by atoms with van der Waals surface area (Å²) in [6.45, 7) is 1.39. The first-order valence-electron chi connectivity index (χ1n) is 5.38. The number of hydrogen-bond acceptors (Lipinski definition) is 4. The van der Waals surface area contributed by atoms with Gasteiger partial charge in [0.1, 0.15) is 0 Å². The van der Waals surface area contributed by atoms with E-state index in [4.69, 9.17) is 33.0 Å². The molecule has 1 heterocycles. The molecule has 1 aliphatic heterocycles. The molecule has 0 radical (unpaired) electrons. The van der Waals surface area contributed by atoms with E-state index >= 15 is 0 Å². The highest BCUT2D eigenvalue weighted by molar-refractivity contribution is 6.42. The minimum absolute atomic E-state index is 0.209. The standard InChI is InChI=1S/C12H9Cl2NO5/c1-12(5-2-3-6(13)7(14)4-5)9(17)8(16)10(20-12)15-11(18)19/h2-4,15-16H,1H3,(H,18,19). The molecule has 1 atom stereocenters. The van der Waals surface area contributed by atoms with E-state index in [2.05, 4.69) is 0 Å². The Morgan fingerprint density at radius 1 is 1.35 bits per heavy atom. The lowest BCUT2D eigenvalue weighted by molar-refractivity contribution is -0.131. The molecule has 20 heavy (non-hydrogen) atoms. The predicted molar refractivity (Wildman–Crippen MR) is 70.7 cm³/mol. The summed E-state index contributed by atoms with van der Waals surface area (Å²) in [5.41, 5.74) is -1.23. The second kappa shape index (κ2) is 4.88. The highest BCUT2D eigenvalue weighted by Gasteiger charge is 2.48. The second-order valence-corrected chi connectivity index (χ2v) is 5.02. The number of carboxylic acid groups (broad SMARTS) is 1. The maximum absolute atomic E-state index is 12.1. The Kier molecular flexibility index (Phi) is 3.54. The van der Waals surface area contributed by atoms with Gasteiger partial charge in [-0.15, -0.1) is 0 Å². The van der Waals surface area contributed by atoms with Crippen molar-refractivity contribution in [3.05, 3.63) is 45.5 Å². The van der Waals surface area contributed by atoms with Crippen molar-refractivity contribution >= 4 is 35.1 Å². The van der Waals surface area contributed by atoms with E-state index in [1.54, 1.807) is 0 Å². The van der Waals surface area contributed by atoms with Crippen LogP contribution in [0.25, 0.3) is 0 Å². The lowest BCUT2D eigenvalue weighted by atomic mass is 9.92. The predicted octanol–water partition coefficient (Wildman–Crippen LogP) is 2.80. The molecule has 8 heteroatoms. The lowest BCUT2D eigenvalue weighted by Crippen LogP contribution is -2.32. The number of benzene rings is 1. The molecular weight excluding hydrogens is 309 g/mol. The molecule has 0 bridgehead atoms. The number of Topliss-reactive ketones (excluding diaryl/α,β-unsaturated/α-hetero) is 1. The number of halogens is 2. The fraction of sp³-hybridized carbons (Fsp3) is 0.167. The average molecular weight is 318 g/mol. The number of nitrogens with one attached hydrogen (secondary N) is 1. The summed E-state index contributed by atoms with van der Waals surface area (Å²) in [4.78, 5) is 22.6. The SMILES string of the molecule is CC1(c2ccc(Cl)c(Cl)c2)OC(NC(=O)O)=C(O)C1=O. The topological polar surface area (TPSA) is 95.9 Å². The van der Waals surface area contributed by atoms with Crippen molar-refractivity contribution < 1.29 is 24.5 Å². The van der Waals surface area contributed by atoms with Gasteiger partial charge in [0.2, 0.25) is 11.6 Å². The van der Waals surface area contributed by atoms with Crippen molar-refractivity contribution in [2.75, 3.05) is 0 Å². The zero-order valence-corrected chi connectivity index (χ0v) is 11.6. The Labute approximate surface area is 123 Å². The molecule has 0 spiro atoms. The van der Waals surface area contributed by atoms with Gasteiger partial charge in [0.25, 0.3) is 5.78 Å². The first-order chi connectivity index (χ1) is 9.25. The normalized spacial score (nSPS) is 21.9. The highest BCUT2D eigenvalue weighted by atomic mass is 35.5.